The predicted octanol–water partition coefficient (Wildman–Crippen LogP) is 4.47. The Balaban J connectivity index is 1.06. The van der Waals surface area contributed by atoms with Crippen LogP contribution < -0.4 is 0 Å². The van der Waals surface area contributed by atoms with Gasteiger partial charge in [0.2, 0.25) is 0 Å². The van der Waals surface area contributed by atoms with Crippen molar-refractivity contribution in [1.29, 1.82) is 0 Å². The topological polar surface area (TPSA) is 76.0 Å². The maximum Gasteiger partial charge on any atom is 0.331 e. The van der Waals surface area contributed by atoms with Crippen molar-refractivity contribution in [3.8, 4) is 0 Å². The summed E-state index contributed by atoms with van der Waals surface area (Å²) in [5, 5.41) is 20.2. The second-order valence-corrected chi connectivity index (χ2v) is 10.2. The summed E-state index contributed by atoms with van der Waals surface area (Å²) in [7, 11) is 0. The summed E-state index contributed by atoms with van der Waals surface area (Å²) in [6.45, 7) is 0. The van der Waals surface area contributed by atoms with Crippen LogP contribution in [0.3, 0.4) is 0 Å². The number of hydrogen-bond acceptors (Lipinski definition) is 4. The normalized spacial score (nSPS) is 43.3. The monoisotopic (exact) mass is 434 g/mol. The fraction of sp³-hybridized carbons (Fsp3) is 0.519. The van der Waals surface area contributed by atoms with Gasteiger partial charge in [-0.05, 0) is 72.5 Å². The van der Waals surface area contributed by atoms with Crippen LogP contribution in [0.2, 0.25) is 0 Å². The summed E-state index contributed by atoms with van der Waals surface area (Å²) < 4.78 is 0. The molecule has 2 N–H and O–H groups in total. The molecule has 4 aliphatic carbocycles. The summed E-state index contributed by atoms with van der Waals surface area (Å²) in [4.78, 5) is 23.0. The molecule has 1 heterocycles. The first-order valence-corrected chi connectivity index (χ1v) is 12.0. The molecule has 0 aromatic heterocycles. The van der Waals surface area contributed by atoms with E-state index in [1.165, 1.54) is 0 Å². The summed E-state index contributed by atoms with van der Waals surface area (Å²) in [6.07, 6.45) is 13.6. The van der Waals surface area contributed by atoms with E-state index in [2.05, 4.69) is 24.3 Å². The Morgan fingerprint density at radius 1 is 0.969 bits per heavy atom. The molecular weight excluding hydrogens is 404 g/mol. The van der Waals surface area contributed by atoms with E-state index in [1.54, 1.807) is 6.08 Å². The highest BCUT2D eigenvalue weighted by atomic mass is 17.2. The number of carbonyl (C=O) groups is 1. The highest BCUT2D eigenvalue weighted by Gasteiger charge is 2.63. The molecule has 10 unspecified atom stereocenters. The Kier molecular flexibility index (Phi) is 5.09. The zero-order chi connectivity index (χ0) is 21.8. The van der Waals surface area contributed by atoms with Gasteiger partial charge in [0.15, 0.2) is 0 Å². The summed E-state index contributed by atoms with van der Waals surface area (Å²) in [6, 6.07) is 10.1. The average Bonchev–Trinajstić information content (AvgIpc) is 3.18. The van der Waals surface area contributed by atoms with Crippen molar-refractivity contribution >= 4 is 5.97 Å². The Bertz CT molecular complexity index is 966. The van der Waals surface area contributed by atoms with Crippen LogP contribution in [0.1, 0.15) is 37.4 Å². The van der Waals surface area contributed by atoms with Gasteiger partial charge in [-0.1, -0.05) is 55.0 Å². The lowest BCUT2D eigenvalue weighted by Gasteiger charge is -2.54. The molecule has 0 bridgehead atoms. The first-order valence-electron chi connectivity index (χ1n) is 12.0. The van der Waals surface area contributed by atoms with Crippen molar-refractivity contribution in [2.75, 3.05) is 0 Å². The molecule has 1 aliphatic heterocycles. The zero-order valence-electron chi connectivity index (χ0n) is 18.0. The SMILES string of the molecule is O=C(O)C1=CC(O)C2CC3C(CCCC4C=CC(c5ccccc5)OO4)C4C=CC1C2C43. The standard InChI is InChI=1S/C27H30O5/c28-23-14-21(27(29)30)19-11-10-18-17(20-13-22(23)26(19)25(18)20)8-4-7-16-9-12-24(32-31-16)15-5-2-1-3-6-15/h1-3,5-6,9-12,14,16-20,22-26,28H,4,7-8,13H2,(H,29,30). The molecule has 168 valence electrons. The minimum atomic E-state index is -0.882. The van der Waals surface area contributed by atoms with E-state index in [1.807, 2.05) is 30.3 Å². The number of aliphatic hydroxyl groups is 1. The Morgan fingerprint density at radius 3 is 2.56 bits per heavy atom. The van der Waals surface area contributed by atoms with E-state index in [-0.39, 0.29) is 24.0 Å². The molecule has 5 nitrogen and oxygen atoms in total. The zero-order valence-corrected chi connectivity index (χ0v) is 18.0. The molecule has 32 heavy (non-hydrogen) atoms. The second kappa shape index (κ2) is 7.98. The van der Waals surface area contributed by atoms with Crippen LogP contribution >= 0.6 is 0 Å². The maximum absolute atomic E-state index is 11.7. The van der Waals surface area contributed by atoms with Gasteiger partial charge in [-0.25, -0.2) is 14.6 Å². The predicted molar refractivity (Wildman–Crippen MR) is 118 cm³/mol. The highest BCUT2D eigenvalue weighted by Crippen LogP contribution is 2.67. The number of hydrogen-bond donors (Lipinski definition) is 2. The molecule has 1 aromatic carbocycles. The molecule has 2 saturated carbocycles. The molecule has 0 amide bonds. The molecule has 2 fully saturated rings. The minimum absolute atomic E-state index is 0.00702. The van der Waals surface area contributed by atoms with Crippen LogP contribution in [0.4, 0.5) is 0 Å². The van der Waals surface area contributed by atoms with Gasteiger partial charge < -0.3 is 10.2 Å². The number of aliphatic carboxylic acids is 1. The minimum Gasteiger partial charge on any atom is -0.478 e. The summed E-state index contributed by atoms with van der Waals surface area (Å²) in [5.41, 5.74) is 1.49. The third-order valence-corrected chi connectivity index (χ3v) is 8.75. The van der Waals surface area contributed by atoms with Crippen LogP contribution in [0, 0.1) is 41.4 Å². The maximum atomic E-state index is 11.7. The van der Waals surface area contributed by atoms with Crippen LogP contribution in [0.15, 0.2) is 66.3 Å². The number of benzene rings is 1. The lowest BCUT2D eigenvalue weighted by molar-refractivity contribution is -0.343. The molecule has 0 radical (unpaired) electrons. The molecule has 6 rings (SSSR count). The first kappa shape index (κ1) is 20.4. The van der Waals surface area contributed by atoms with Gasteiger partial charge in [0.05, 0.1) is 6.10 Å². The largest absolute Gasteiger partial charge is 0.478 e. The summed E-state index contributed by atoms with van der Waals surface area (Å²) in [5.74, 6) is 1.92. The van der Waals surface area contributed by atoms with Crippen molar-refractivity contribution in [2.45, 2.75) is 44.0 Å². The number of carboxylic acids is 1. The van der Waals surface area contributed by atoms with Crippen LogP contribution in [0.5, 0.6) is 0 Å². The summed E-state index contributed by atoms with van der Waals surface area (Å²) >= 11 is 0. The smallest absolute Gasteiger partial charge is 0.331 e. The van der Waals surface area contributed by atoms with E-state index in [0.717, 1.165) is 31.2 Å². The Hall–Kier alpha value is -2.21. The van der Waals surface area contributed by atoms with E-state index >= 15 is 0 Å². The Morgan fingerprint density at radius 2 is 1.81 bits per heavy atom. The quantitative estimate of drug-likeness (QED) is 0.510. The third kappa shape index (κ3) is 3.21. The van der Waals surface area contributed by atoms with Crippen molar-refractivity contribution < 1.29 is 24.8 Å². The number of carboxylic acid groups (broad SMARTS) is 1. The van der Waals surface area contributed by atoms with E-state index in [9.17, 15) is 15.0 Å². The van der Waals surface area contributed by atoms with Gasteiger partial charge in [-0.2, -0.15) is 0 Å². The van der Waals surface area contributed by atoms with Crippen LogP contribution in [-0.4, -0.2) is 28.4 Å². The average molecular weight is 435 g/mol. The van der Waals surface area contributed by atoms with Crippen molar-refractivity contribution in [3.05, 3.63) is 71.8 Å². The number of allylic oxidation sites excluding steroid dienone is 2. The van der Waals surface area contributed by atoms with Crippen molar-refractivity contribution in [3.63, 3.8) is 0 Å². The molecule has 5 aliphatic rings. The number of rotatable bonds is 6. The first-order chi connectivity index (χ1) is 15.6. The van der Waals surface area contributed by atoms with E-state index in [0.29, 0.717) is 35.2 Å². The lowest BCUT2D eigenvalue weighted by Crippen LogP contribution is -2.50. The molecule has 1 aromatic rings. The molecule has 0 spiro atoms. The highest BCUT2D eigenvalue weighted by molar-refractivity contribution is 5.88. The molecular formula is C27H30O5. The lowest BCUT2D eigenvalue weighted by atomic mass is 9.50. The van der Waals surface area contributed by atoms with Crippen LogP contribution in [0.25, 0.3) is 0 Å². The fourth-order valence-corrected chi connectivity index (χ4v) is 7.43. The molecule has 0 saturated heterocycles. The Labute approximate surface area is 188 Å². The van der Waals surface area contributed by atoms with Crippen molar-refractivity contribution in [2.24, 2.45) is 41.4 Å². The van der Waals surface area contributed by atoms with Crippen molar-refractivity contribution in [1.82, 2.24) is 0 Å². The third-order valence-electron chi connectivity index (χ3n) is 8.75. The van der Waals surface area contributed by atoms with Crippen LogP contribution in [-0.2, 0) is 14.6 Å². The van der Waals surface area contributed by atoms with E-state index < -0.39 is 12.1 Å². The molecule has 5 heteroatoms. The second-order valence-electron chi connectivity index (χ2n) is 10.2. The van der Waals surface area contributed by atoms with E-state index in [4.69, 9.17) is 9.78 Å². The van der Waals surface area contributed by atoms with Gasteiger partial charge in [0.1, 0.15) is 12.2 Å². The van der Waals surface area contributed by atoms with Gasteiger partial charge in [0.25, 0.3) is 0 Å². The molecule has 10 atom stereocenters. The number of aliphatic hydroxyl groups excluding tert-OH is 1. The van der Waals surface area contributed by atoms with Gasteiger partial charge in [0, 0.05) is 11.5 Å². The van der Waals surface area contributed by atoms with Gasteiger partial charge in [-0.15, -0.1) is 0 Å². The van der Waals surface area contributed by atoms with Gasteiger partial charge in [-0.3, -0.25) is 0 Å². The fourth-order valence-electron chi connectivity index (χ4n) is 7.43. The van der Waals surface area contributed by atoms with Gasteiger partial charge >= 0.3 is 5.97 Å².